The van der Waals surface area contributed by atoms with Crippen molar-refractivity contribution in [3.63, 3.8) is 0 Å². The van der Waals surface area contributed by atoms with Gasteiger partial charge in [-0.2, -0.15) is 5.10 Å². The van der Waals surface area contributed by atoms with Gasteiger partial charge >= 0.3 is 0 Å². The molecule has 0 atom stereocenters. The van der Waals surface area contributed by atoms with Crippen LogP contribution in [0.1, 0.15) is 17.5 Å². The number of hydrogen-bond acceptors (Lipinski definition) is 5. The maximum atomic E-state index is 12.6. The van der Waals surface area contributed by atoms with Crippen molar-refractivity contribution >= 4 is 49.1 Å². The van der Waals surface area contributed by atoms with Crippen molar-refractivity contribution in [1.82, 2.24) is 19.3 Å². The van der Waals surface area contributed by atoms with Crippen molar-refractivity contribution in [3.05, 3.63) is 102 Å². The van der Waals surface area contributed by atoms with E-state index in [1.807, 2.05) is 35.7 Å². The predicted octanol–water partition coefficient (Wildman–Crippen LogP) is 5.63. The first kappa shape index (κ1) is 25.7. The van der Waals surface area contributed by atoms with Gasteiger partial charge in [-0.3, -0.25) is 4.79 Å². The second-order valence-electron chi connectivity index (χ2n) is 9.82. The number of sulfonamides is 1. The molecule has 2 N–H and O–H groups in total. The van der Waals surface area contributed by atoms with Crippen LogP contribution in [-0.2, 0) is 14.8 Å². The number of rotatable bonds is 7. The Morgan fingerprint density at radius 1 is 0.850 bits per heavy atom. The maximum absolute atomic E-state index is 12.6. The Balaban J connectivity index is 1.24. The van der Waals surface area contributed by atoms with E-state index in [1.165, 1.54) is 5.56 Å². The van der Waals surface area contributed by atoms with Crippen LogP contribution >= 0.6 is 0 Å². The van der Waals surface area contributed by atoms with Crippen LogP contribution in [0.25, 0.3) is 38.7 Å². The Morgan fingerprint density at radius 2 is 1.52 bits per heavy atom. The van der Waals surface area contributed by atoms with Gasteiger partial charge in [0, 0.05) is 35.0 Å². The average molecular weight is 550 g/mol. The fourth-order valence-corrected chi connectivity index (χ4v) is 5.74. The van der Waals surface area contributed by atoms with Crippen LogP contribution in [0.3, 0.4) is 0 Å². The van der Waals surface area contributed by atoms with Crippen molar-refractivity contribution in [1.29, 1.82) is 0 Å². The van der Waals surface area contributed by atoms with Gasteiger partial charge in [0.05, 0.1) is 21.6 Å². The Morgan fingerprint density at radius 3 is 2.25 bits per heavy atom. The van der Waals surface area contributed by atoms with Gasteiger partial charge in [0.1, 0.15) is 0 Å². The van der Waals surface area contributed by atoms with E-state index in [0.717, 1.165) is 38.8 Å². The predicted molar refractivity (Wildman–Crippen MR) is 158 cm³/mol. The summed E-state index contributed by atoms with van der Waals surface area (Å²) in [6, 6.07) is 28.4. The third kappa shape index (κ3) is 4.92. The molecule has 6 rings (SSSR count). The number of fused-ring (bicyclic) bond motifs is 5. The minimum atomic E-state index is -3.68. The van der Waals surface area contributed by atoms with Crippen molar-refractivity contribution in [2.75, 3.05) is 11.9 Å². The van der Waals surface area contributed by atoms with Crippen LogP contribution < -0.4 is 10.0 Å². The molecule has 6 aromatic rings. The van der Waals surface area contributed by atoms with E-state index in [0.29, 0.717) is 11.2 Å². The summed E-state index contributed by atoms with van der Waals surface area (Å²) >= 11 is 0. The number of aryl methyl sites for hydroxylation is 2. The summed E-state index contributed by atoms with van der Waals surface area (Å²) in [7, 11) is -3.68. The molecular weight excluding hydrogens is 522 g/mol. The number of hydrogen-bond donors (Lipinski definition) is 2. The van der Waals surface area contributed by atoms with Gasteiger partial charge in [-0.25, -0.2) is 22.6 Å². The Bertz CT molecular complexity index is 2000. The highest BCUT2D eigenvalue weighted by molar-refractivity contribution is 7.89. The highest BCUT2D eigenvalue weighted by Gasteiger charge is 2.16. The molecule has 2 heterocycles. The zero-order valence-corrected chi connectivity index (χ0v) is 22.9. The van der Waals surface area contributed by atoms with Crippen LogP contribution in [-0.4, -0.2) is 35.5 Å². The summed E-state index contributed by atoms with van der Waals surface area (Å²) in [5.74, 6) is -0.306. The normalized spacial score (nSPS) is 11.8. The molecule has 0 spiro atoms. The SMILES string of the molecule is Cc1ccc(-c2nn3c4ccc(NC(=O)CCNS(=O)(=O)c5ccc(C)cc5)cc4nc3c3ccccc23)cc1. The molecule has 9 heteroatoms. The summed E-state index contributed by atoms with van der Waals surface area (Å²) in [5.41, 5.74) is 6.85. The van der Waals surface area contributed by atoms with Gasteiger partial charge in [-0.1, -0.05) is 71.8 Å². The number of imidazole rings is 1. The van der Waals surface area contributed by atoms with Crippen LogP contribution in [0.5, 0.6) is 0 Å². The largest absolute Gasteiger partial charge is 0.326 e. The number of nitrogens with one attached hydrogen (secondary N) is 2. The monoisotopic (exact) mass is 549 g/mol. The van der Waals surface area contributed by atoms with E-state index in [2.05, 4.69) is 47.3 Å². The summed E-state index contributed by atoms with van der Waals surface area (Å²) in [6.07, 6.45) is -0.0135. The van der Waals surface area contributed by atoms with Gasteiger partial charge in [-0.15, -0.1) is 0 Å². The van der Waals surface area contributed by atoms with Gasteiger partial charge in [0.15, 0.2) is 5.65 Å². The van der Waals surface area contributed by atoms with Crippen molar-refractivity contribution in [2.45, 2.75) is 25.2 Å². The van der Waals surface area contributed by atoms with Crippen LogP contribution in [0.4, 0.5) is 5.69 Å². The Hall–Kier alpha value is -4.60. The van der Waals surface area contributed by atoms with Crippen LogP contribution in [0.2, 0.25) is 0 Å². The Labute approximate surface area is 231 Å². The quantitative estimate of drug-likeness (QED) is 0.269. The molecule has 200 valence electrons. The van der Waals surface area contributed by atoms with E-state index in [9.17, 15) is 13.2 Å². The van der Waals surface area contributed by atoms with Crippen molar-refractivity contribution < 1.29 is 13.2 Å². The first-order valence-electron chi connectivity index (χ1n) is 12.9. The lowest BCUT2D eigenvalue weighted by molar-refractivity contribution is -0.116. The minimum absolute atomic E-state index is 0.0135. The molecule has 0 saturated heterocycles. The Kier molecular flexibility index (Phi) is 6.53. The lowest BCUT2D eigenvalue weighted by Crippen LogP contribution is -2.27. The first-order valence-corrected chi connectivity index (χ1v) is 14.4. The number of nitrogens with zero attached hydrogens (tertiary/aromatic N) is 3. The van der Waals surface area contributed by atoms with Crippen molar-refractivity contribution in [3.8, 4) is 11.3 Å². The number of anilines is 1. The van der Waals surface area contributed by atoms with E-state index in [4.69, 9.17) is 10.1 Å². The number of amides is 1. The molecule has 0 aliphatic heterocycles. The van der Waals surface area contributed by atoms with Gasteiger partial charge in [0.2, 0.25) is 15.9 Å². The maximum Gasteiger partial charge on any atom is 0.240 e. The van der Waals surface area contributed by atoms with Gasteiger partial charge < -0.3 is 5.32 Å². The fourth-order valence-electron chi connectivity index (χ4n) is 4.71. The van der Waals surface area contributed by atoms with Crippen LogP contribution in [0.15, 0.2) is 95.9 Å². The molecule has 0 unspecified atom stereocenters. The second kappa shape index (κ2) is 10.2. The summed E-state index contributed by atoms with van der Waals surface area (Å²) in [4.78, 5) is 17.6. The second-order valence-corrected chi connectivity index (χ2v) is 11.6. The molecule has 40 heavy (non-hydrogen) atoms. The van der Waals surface area contributed by atoms with Crippen LogP contribution in [0, 0.1) is 13.8 Å². The summed E-state index contributed by atoms with van der Waals surface area (Å²) in [6.45, 7) is 3.93. The zero-order chi connectivity index (χ0) is 27.9. The third-order valence-electron chi connectivity index (χ3n) is 6.84. The molecule has 0 aliphatic carbocycles. The molecule has 4 aromatic carbocycles. The third-order valence-corrected chi connectivity index (χ3v) is 8.31. The molecule has 0 saturated carbocycles. The average Bonchev–Trinajstić information content (AvgIpc) is 3.31. The highest BCUT2D eigenvalue weighted by atomic mass is 32.2. The smallest absolute Gasteiger partial charge is 0.240 e. The molecule has 8 nitrogen and oxygen atoms in total. The molecule has 1 amide bonds. The molecular formula is C31H27N5O3S. The standard InChI is InChI=1S/C31H27N5O3S/c1-20-7-11-22(12-8-20)30-25-5-3-4-6-26(25)31-34-27-19-23(13-16-28(27)36(31)35-30)33-29(37)17-18-32-40(38,39)24-14-9-21(2)10-15-24/h3-16,19,32H,17-18H2,1-2H3,(H,33,37). The number of carbonyl (C=O) groups is 1. The number of carbonyl (C=O) groups excluding carboxylic acids is 1. The topological polar surface area (TPSA) is 105 Å². The molecule has 0 fully saturated rings. The highest BCUT2D eigenvalue weighted by Crippen LogP contribution is 2.31. The van der Waals surface area contributed by atoms with E-state index in [1.54, 1.807) is 36.4 Å². The van der Waals surface area contributed by atoms with Gasteiger partial charge in [-0.05, 0) is 44.2 Å². The molecule has 0 bridgehead atoms. The van der Waals surface area contributed by atoms with Crippen molar-refractivity contribution in [2.24, 2.45) is 0 Å². The minimum Gasteiger partial charge on any atom is -0.326 e. The summed E-state index contributed by atoms with van der Waals surface area (Å²) in [5, 5.41) is 9.82. The van der Waals surface area contributed by atoms with Gasteiger partial charge in [0.25, 0.3) is 0 Å². The number of benzene rings is 4. The van der Waals surface area contributed by atoms with E-state index < -0.39 is 10.0 Å². The first-order chi connectivity index (χ1) is 19.3. The lowest BCUT2D eigenvalue weighted by atomic mass is 10.0. The number of aromatic nitrogens is 3. The fraction of sp³-hybridized carbons (Fsp3) is 0.129. The molecule has 0 aliphatic rings. The molecule has 2 aromatic heterocycles. The van der Waals surface area contributed by atoms with E-state index >= 15 is 0 Å². The lowest BCUT2D eigenvalue weighted by Gasteiger charge is -2.09. The van der Waals surface area contributed by atoms with E-state index in [-0.39, 0.29) is 23.8 Å². The summed E-state index contributed by atoms with van der Waals surface area (Å²) < 4.78 is 29.3. The molecule has 0 radical (unpaired) electrons. The zero-order valence-electron chi connectivity index (χ0n) is 22.0.